The summed E-state index contributed by atoms with van der Waals surface area (Å²) in [6, 6.07) is 4.84. The molecule has 1 N–H and O–H groups in total. The van der Waals surface area contributed by atoms with Gasteiger partial charge in [0.1, 0.15) is 11.6 Å². The lowest BCUT2D eigenvalue weighted by Gasteiger charge is -2.00. The van der Waals surface area contributed by atoms with Crippen LogP contribution in [0.3, 0.4) is 0 Å². The van der Waals surface area contributed by atoms with Crippen molar-refractivity contribution in [1.82, 2.24) is 4.98 Å². The van der Waals surface area contributed by atoms with Crippen molar-refractivity contribution < 1.29 is 4.39 Å². The molecule has 0 spiro atoms. The molecule has 0 aliphatic carbocycles. The quantitative estimate of drug-likeness (QED) is 0.691. The summed E-state index contributed by atoms with van der Waals surface area (Å²) in [5.74, 6) is 0.229. The van der Waals surface area contributed by atoms with Crippen molar-refractivity contribution in [2.45, 2.75) is 6.42 Å². The summed E-state index contributed by atoms with van der Waals surface area (Å²) in [5, 5.41) is 11.1. The second-order valence-electron chi connectivity index (χ2n) is 2.20. The number of aromatic nitrogens is 1. The van der Waals surface area contributed by atoms with Crippen LogP contribution in [0, 0.1) is 17.1 Å². The third-order valence-corrected chi connectivity index (χ3v) is 1.27. The van der Waals surface area contributed by atoms with Crippen LogP contribution >= 0.6 is 0 Å². The Bertz CT molecular complexity index is 275. The average molecular weight is 165 g/mol. The van der Waals surface area contributed by atoms with Crippen LogP contribution in [0.15, 0.2) is 18.3 Å². The molecule has 0 atom stereocenters. The van der Waals surface area contributed by atoms with Gasteiger partial charge in [0.25, 0.3) is 0 Å². The number of rotatable bonds is 3. The Morgan fingerprint density at radius 3 is 3.00 bits per heavy atom. The first-order valence-corrected chi connectivity index (χ1v) is 3.55. The van der Waals surface area contributed by atoms with E-state index in [2.05, 4.69) is 10.3 Å². The highest BCUT2D eigenvalue weighted by atomic mass is 19.1. The fourth-order valence-corrected chi connectivity index (χ4v) is 0.727. The Morgan fingerprint density at radius 1 is 1.58 bits per heavy atom. The Balaban J connectivity index is 2.43. The van der Waals surface area contributed by atoms with Crippen molar-refractivity contribution in [3.63, 3.8) is 0 Å². The largest absolute Gasteiger partial charge is 0.369 e. The summed E-state index contributed by atoms with van der Waals surface area (Å²) in [5.41, 5.74) is 0. The lowest BCUT2D eigenvalue weighted by molar-refractivity contribution is 0.621. The van der Waals surface area contributed by atoms with Crippen molar-refractivity contribution in [3.8, 4) is 6.07 Å². The molecule has 0 aliphatic heterocycles. The molecule has 0 unspecified atom stereocenters. The third kappa shape index (κ3) is 2.54. The van der Waals surface area contributed by atoms with Gasteiger partial charge in [-0.3, -0.25) is 0 Å². The average Bonchev–Trinajstić information content (AvgIpc) is 2.09. The van der Waals surface area contributed by atoms with Gasteiger partial charge in [0.15, 0.2) is 0 Å². The van der Waals surface area contributed by atoms with Gasteiger partial charge in [0.2, 0.25) is 0 Å². The van der Waals surface area contributed by atoms with Crippen LogP contribution < -0.4 is 5.32 Å². The maximum Gasteiger partial charge on any atom is 0.141 e. The van der Waals surface area contributed by atoms with E-state index in [4.69, 9.17) is 5.26 Å². The topological polar surface area (TPSA) is 48.7 Å². The van der Waals surface area contributed by atoms with Crippen LogP contribution in [0.4, 0.5) is 10.2 Å². The molecule has 0 aliphatic rings. The molecule has 12 heavy (non-hydrogen) atoms. The van der Waals surface area contributed by atoms with E-state index in [1.165, 1.54) is 12.1 Å². The highest BCUT2D eigenvalue weighted by molar-refractivity contribution is 5.33. The third-order valence-electron chi connectivity index (χ3n) is 1.27. The highest BCUT2D eigenvalue weighted by Gasteiger charge is 1.92. The van der Waals surface area contributed by atoms with Gasteiger partial charge in [-0.15, -0.1) is 0 Å². The molecule has 1 rings (SSSR count). The fourth-order valence-electron chi connectivity index (χ4n) is 0.727. The van der Waals surface area contributed by atoms with E-state index in [9.17, 15) is 4.39 Å². The summed E-state index contributed by atoms with van der Waals surface area (Å²) in [6.45, 7) is 0.537. The van der Waals surface area contributed by atoms with Gasteiger partial charge >= 0.3 is 0 Å². The maximum atomic E-state index is 12.3. The van der Waals surface area contributed by atoms with Crippen molar-refractivity contribution in [1.29, 1.82) is 5.26 Å². The Labute approximate surface area is 69.9 Å². The van der Waals surface area contributed by atoms with Gasteiger partial charge in [-0.25, -0.2) is 9.37 Å². The lowest BCUT2D eigenvalue weighted by atomic mass is 10.4. The number of hydrogen-bond acceptors (Lipinski definition) is 3. The lowest BCUT2D eigenvalue weighted by Crippen LogP contribution is -2.01. The van der Waals surface area contributed by atoms with Crippen molar-refractivity contribution in [3.05, 3.63) is 24.1 Å². The molecule has 62 valence electrons. The zero-order chi connectivity index (χ0) is 8.81. The monoisotopic (exact) mass is 165 g/mol. The Morgan fingerprint density at radius 2 is 2.42 bits per heavy atom. The molecule has 3 nitrogen and oxygen atoms in total. The highest BCUT2D eigenvalue weighted by Crippen LogP contribution is 2.02. The van der Waals surface area contributed by atoms with Gasteiger partial charge < -0.3 is 5.32 Å². The van der Waals surface area contributed by atoms with E-state index in [0.717, 1.165) is 6.20 Å². The van der Waals surface area contributed by atoms with E-state index >= 15 is 0 Å². The van der Waals surface area contributed by atoms with Crippen LogP contribution in [0.5, 0.6) is 0 Å². The molecule has 1 heterocycles. The number of halogens is 1. The number of nitrogens with zero attached hydrogens (tertiary/aromatic N) is 2. The number of pyridine rings is 1. The minimum absolute atomic E-state index is 0.360. The van der Waals surface area contributed by atoms with Crippen LogP contribution in [0.1, 0.15) is 6.42 Å². The van der Waals surface area contributed by atoms with Crippen LogP contribution in [-0.2, 0) is 0 Å². The van der Waals surface area contributed by atoms with Crippen LogP contribution in [0.25, 0.3) is 0 Å². The van der Waals surface area contributed by atoms with Gasteiger partial charge in [-0.2, -0.15) is 5.26 Å². The second-order valence-corrected chi connectivity index (χ2v) is 2.20. The SMILES string of the molecule is N#CCCNc1ccc(F)cn1. The summed E-state index contributed by atoms with van der Waals surface area (Å²) in [7, 11) is 0. The molecule has 0 saturated carbocycles. The zero-order valence-electron chi connectivity index (χ0n) is 6.42. The van der Waals surface area contributed by atoms with Gasteiger partial charge in [-0.1, -0.05) is 0 Å². The number of nitriles is 1. The van der Waals surface area contributed by atoms with Crippen LogP contribution in [0.2, 0.25) is 0 Å². The van der Waals surface area contributed by atoms with E-state index in [-0.39, 0.29) is 5.82 Å². The predicted octanol–water partition coefficient (Wildman–Crippen LogP) is 1.55. The molecule has 0 saturated heterocycles. The minimum Gasteiger partial charge on any atom is -0.369 e. The number of nitrogens with one attached hydrogen (secondary N) is 1. The standard InChI is InChI=1S/C8H8FN3/c9-7-2-3-8(12-6-7)11-5-1-4-10/h2-3,6H,1,5H2,(H,11,12). The molecule has 0 aromatic carbocycles. The van der Waals surface area contributed by atoms with E-state index in [0.29, 0.717) is 18.8 Å². The summed E-state index contributed by atoms with van der Waals surface area (Å²) in [6.07, 6.45) is 1.55. The second kappa shape index (κ2) is 4.29. The summed E-state index contributed by atoms with van der Waals surface area (Å²) >= 11 is 0. The Hall–Kier alpha value is -1.63. The minimum atomic E-state index is -0.360. The first kappa shape index (κ1) is 8.47. The van der Waals surface area contributed by atoms with E-state index in [1.54, 1.807) is 0 Å². The molecule has 0 amide bonds. The molecule has 0 bridgehead atoms. The molecular formula is C8H8FN3. The molecule has 0 fully saturated rings. The number of hydrogen-bond donors (Lipinski definition) is 1. The van der Waals surface area contributed by atoms with E-state index < -0.39 is 0 Å². The zero-order valence-corrected chi connectivity index (χ0v) is 6.42. The van der Waals surface area contributed by atoms with Gasteiger partial charge in [0.05, 0.1) is 18.7 Å². The number of anilines is 1. The van der Waals surface area contributed by atoms with Crippen molar-refractivity contribution in [2.24, 2.45) is 0 Å². The molecule has 1 aromatic heterocycles. The fraction of sp³-hybridized carbons (Fsp3) is 0.250. The predicted molar refractivity (Wildman–Crippen MR) is 42.9 cm³/mol. The first-order valence-electron chi connectivity index (χ1n) is 3.55. The maximum absolute atomic E-state index is 12.3. The van der Waals surface area contributed by atoms with Gasteiger partial charge in [0, 0.05) is 6.54 Å². The van der Waals surface area contributed by atoms with E-state index in [1.807, 2.05) is 6.07 Å². The first-order chi connectivity index (χ1) is 5.83. The summed E-state index contributed by atoms with van der Waals surface area (Å²) < 4.78 is 12.3. The van der Waals surface area contributed by atoms with Crippen LogP contribution in [-0.4, -0.2) is 11.5 Å². The van der Waals surface area contributed by atoms with Gasteiger partial charge in [-0.05, 0) is 12.1 Å². The molecule has 1 aromatic rings. The normalized spacial score (nSPS) is 9.00. The molecule has 0 radical (unpaired) electrons. The molecule has 4 heteroatoms. The summed E-state index contributed by atoms with van der Waals surface area (Å²) in [4.78, 5) is 3.75. The van der Waals surface area contributed by atoms with Crippen molar-refractivity contribution in [2.75, 3.05) is 11.9 Å². The Kier molecular flexibility index (Phi) is 3.03. The van der Waals surface area contributed by atoms with Crippen molar-refractivity contribution >= 4 is 5.82 Å². The molecular weight excluding hydrogens is 157 g/mol. The smallest absolute Gasteiger partial charge is 0.141 e.